The predicted molar refractivity (Wildman–Crippen MR) is 125 cm³/mol. The Morgan fingerprint density at radius 3 is 2.79 bits per heavy atom. The first-order valence-electron chi connectivity index (χ1n) is 9.91. The SMILES string of the molecule is CN1C(C(=O)Nc2ccc(F)c(Cl)c2)CC(C(=O)NCc2nc3ccc(O)cc3s2)NS1(=O)=O. The van der Waals surface area contributed by atoms with Crippen molar-refractivity contribution in [3.05, 3.63) is 52.2 Å². The highest BCUT2D eigenvalue weighted by molar-refractivity contribution is 7.87. The highest BCUT2D eigenvalue weighted by Crippen LogP contribution is 2.26. The Morgan fingerprint density at radius 2 is 2.06 bits per heavy atom. The van der Waals surface area contributed by atoms with Gasteiger partial charge in [-0.3, -0.25) is 9.59 Å². The molecule has 3 aromatic rings. The highest BCUT2D eigenvalue weighted by atomic mass is 35.5. The third kappa shape index (κ3) is 5.13. The van der Waals surface area contributed by atoms with Crippen molar-refractivity contribution in [2.24, 2.45) is 0 Å². The minimum Gasteiger partial charge on any atom is -0.508 e. The van der Waals surface area contributed by atoms with Crippen LogP contribution in [0.4, 0.5) is 10.1 Å². The number of hydrogen-bond acceptors (Lipinski definition) is 7. The summed E-state index contributed by atoms with van der Waals surface area (Å²) in [5.41, 5.74) is 0.841. The fraction of sp³-hybridized carbons (Fsp3) is 0.250. The number of anilines is 1. The minimum absolute atomic E-state index is 0.0396. The molecule has 1 aliphatic rings. The number of nitrogens with one attached hydrogen (secondary N) is 3. The first-order valence-corrected chi connectivity index (χ1v) is 12.5. The molecule has 180 valence electrons. The number of thiazole rings is 1. The van der Waals surface area contributed by atoms with Gasteiger partial charge in [-0.1, -0.05) is 11.6 Å². The number of aromatic nitrogens is 1. The maximum Gasteiger partial charge on any atom is 0.280 e. The van der Waals surface area contributed by atoms with Gasteiger partial charge in [-0.05, 0) is 42.8 Å². The largest absolute Gasteiger partial charge is 0.508 e. The van der Waals surface area contributed by atoms with Crippen LogP contribution in [0.1, 0.15) is 11.4 Å². The summed E-state index contributed by atoms with van der Waals surface area (Å²) in [6, 6.07) is 5.87. The Labute approximate surface area is 202 Å². The van der Waals surface area contributed by atoms with Crippen molar-refractivity contribution < 1.29 is 27.5 Å². The van der Waals surface area contributed by atoms with E-state index >= 15 is 0 Å². The number of benzene rings is 2. The molecule has 10 nitrogen and oxygen atoms in total. The van der Waals surface area contributed by atoms with Crippen LogP contribution < -0.4 is 15.4 Å². The Hall–Kier alpha value is -2.84. The Morgan fingerprint density at radius 1 is 1.29 bits per heavy atom. The number of rotatable bonds is 5. The van der Waals surface area contributed by atoms with E-state index in [0.717, 1.165) is 15.1 Å². The summed E-state index contributed by atoms with van der Waals surface area (Å²) >= 11 is 7.00. The molecule has 34 heavy (non-hydrogen) atoms. The lowest BCUT2D eigenvalue weighted by Crippen LogP contribution is -2.62. The lowest BCUT2D eigenvalue weighted by molar-refractivity contribution is -0.124. The molecule has 14 heteroatoms. The fourth-order valence-corrected chi connectivity index (χ4v) is 5.77. The quantitative estimate of drug-likeness (QED) is 0.400. The van der Waals surface area contributed by atoms with Crippen molar-refractivity contribution in [1.29, 1.82) is 0 Å². The van der Waals surface area contributed by atoms with Crippen LogP contribution in [0.5, 0.6) is 5.75 Å². The second-order valence-electron chi connectivity index (χ2n) is 7.54. The molecule has 0 bridgehead atoms. The average Bonchev–Trinajstić information content (AvgIpc) is 3.18. The molecular weight excluding hydrogens is 509 g/mol. The van der Waals surface area contributed by atoms with Gasteiger partial charge in [0.1, 0.15) is 28.7 Å². The molecule has 4 N–H and O–H groups in total. The first-order chi connectivity index (χ1) is 16.0. The number of amides is 2. The Kier molecular flexibility index (Phi) is 6.73. The molecule has 2 atom stereocenters. The number of phenolic OH excluding ortho intramolecular Hbond substituents is 1. The van der Waals surface area contributed by atoms with E-state index in [2.05, 4.69) is 20.3 Å². The van der Waals surface area contributed by atoms with Crippen LogP contribution in [0.15, 0.2) is 36.4 Å². The van der Waals surface area contributed by atoms with Crippen LogP contribution in [0.25, 0.3) is 10.2 Å². The number of phenols is 1. The fourth-order valence-electron chi connectivity index (χ4n) is 3.40. The van der Waals surface area contributed by atoms with Gasteiger partial charge in [-0.25, -0.2) is 9.37 Å². The van der Waals surface area contributed by atoms with E-state index < -0.39 is 39.9 Å². The van der Waals surface area contributed by atoms with Gasteiger partial charge in [0.05, 0.1) is 21.8 Å². The van der Waals surface area contributed by atoms with Crippen molar-refractivity contribution in [2.45, 2.75) is 25.0 Å². The van der Waals surface area contributed by atoms with Gasteiger partial charge in [0.25, 0.3) is 10.2 Å². The molecule has 1 aliphatic heterocycles. The van der Waals surface area contributed by atoms with Crippen LogP contribution >= 0.6 is 22.9 Å². The lowest BCUT2D eigenvalue weighted by atomic mass is 10.1. The van der Waals surface area contributed by atoms with Gasteiger partial charge in [0, 0.05) is 12.7 Å². The van der Waals surface area contributed by atoms with Crippen LogP contribution in [-0.2, 0) is 26.3 Å². The molecule has 0 aliphatic carbocycles. The summed E-state index contributed by atoms with van der Waals surface area (Å²) < 4.78 is 42.3. The van der Waals surface area contributed by atoms with E-state index in [-0.39, 0.29) is 29.4 Å². The van der Waals surface area contributed by atoms with E-state index in [0.29, 0.717) is 10.5 Å². The Bertz CT molecular complexity index is 1380. The van der Waals surface area contributed by atoms with E-state index in [9.17, 15) is 27.5 Å². The highest BCUT2D eigenvalue weighted by Gasteiger charge is 2.42. The maximum absolute atomic E-state index is 13.4. The molecule has 1 saturated heterocycles. The van der Waals surface area contributed by atoms with E-state index in [1.807, 2.05) is 0 Å². The number of hydrogen-bond donors (Lipinski definition) is 4. The van der Waals surface area contributed by atoms with Gasteiger partial charge in [-0.2, -0.15) is 17.4 Å². The van der Waals surface area contributed by atoms with Gasteiger partial charge >= 0.3 is 0 Å². The third-order valence-electron chi connectivity index (χ3n) is 5.20. The molecule has 1 aromatic heterocycles. The van der Waals surface area contributed by atoms with Crippen molar-refractivity contribution in [3.8, 4) is 5.75 Å². The molecule has 2 aromatic carbocycles. The van der Waals surface area contributed by atoms with Gasteiger partial charge in [0.2, 0.25) is 11.8 Å². The summed E-state index contributed by atoms with van der Waals surface area (Å²) in [7, 11) is -2.91. The number of halogens is 2. The summed E-state index contributed by atoms with van der Waals surface area (Å²) in [6.45, 7) is 0.0396. The minimum atomic E-state index is -4.13. The van der Waals surface area contributed by atoms with Crippen molar-refractivity contribution >= 4 is 60.9 Å². The zero-order chi connectivity index (χ0) is 24.6. The standard InChI is InChI=1S/C20H19ClFN5O5S2/c1-27-16(20(30)24-10-2-4-13(22)12(21)6-10)8-15(26-34(27,31)32)19(29)23-9-18-25-14-5-3-11(28)7-17(14)33-18/h2-7,15-16,26,28H,8-9H2,1H3,(H,23,29)(H,24,30). The van der Waals surface area contributed by atoms with Crippen molar-refractivity contribution in [1.82, 2.24) is 19.3 Å². The molecule has 0 radical (unpaired) electrons. The molecule has 2 unspecified atom stereocenters. The summed E-state index contributed by atoms with van der Waals surface area (Å²) in [4.78, 5) is 29.9. The smallest absolute Gasteiger partial charge is 0.280 e. The topological polar surface area (TPSA) is 141 Å². The first kappa shape index (κ1) is 24.3. The zero-order valence-electron chi connectivity index (χ0n) is 17.6. The molecule has 4 rings (SSSR count). The monoisotopic (exact) mass is 527 g/mol. The lowest BCUT2D eigenvalue weighted by Gasteiger charge is -2.35. The van der Waals surface area contributed by atoms with Gasteiger partial charge in [-0.15, -0.1) is 11.3 Å². The average molecular weight is 528 g/mol. The van der Waals surface area contributed by atoms with Gasteiger partial charge in [0.15, 0.2) is 0 Å². The second kappa shape index (κ2) is 9.43. The number of carbonyl (C=O) groups is 2. The van der Waals surface area contributed by atoms with E-state index in [4.69, 9.17) is 11.6 Å². The molecule has 1 fully saturated rings. The summed E-state index contributed by atoms with van der Waals surface area (Å²) in [5, 5.41) is 15.1. The number of nitrogens with zero attached hydrogens (tertiary/aromatic N) is 2. The van der Waals surface area contributed by atoms with Crippen LogP contribution in [0.3, 0.4) is 0 Å². The molecule has 0 saturated carbocycles. The third-order valence-corrected chi connectivity index (χ3v) is 8.11. The number of carbonyl (C=O) groups excluding carboxylic acids is 2. The molecule has 2 heterocycles. The number of aromatic hydroxyl groups is 1. The maximum atomic E-state index is 13.4. The molecule has 2 amide bonds. The summed E-state index contributed by atoms with van der Waals surface area (Å²) in [5.74, 6) is -1.89. The number of likely N-dealkylation sites (N-methyl/N-ethyl adjacent to an activating group) is 1. The van der Waals surface area contributed by atoms with E-state index in [1.165, 1.54) is 36.6 Å². The van der Waals surface area contributed by atoms with Gasteiger partial charge < -0.3 is 15.7 Å². The Balaban J connectivity index is 1.45. The predicted octanol–water partition coefficient (Wildman–Crippen LogP) is 1.96. The summed E-state index contributed by atoms with van der Waals surface area (Å²) in [6.07, 6.45) is -0.143. The molecule has 0 spiro atoms. The number of fused-ring (bicyclic) bond motifs is 1. The zero-order valence-corrected chi connectivity index (χ0v) is 20.0. The van der Waals surface area contributed by atoms with Crippen LogP contribution in [-0.4, -0.2) is 53.8 Å². The van der Waals surface area contributed by atoms with Crippen LogP contribution in [0.2, 0.25) is 5.02 Å². The second-order valence-corrected chi connectivity index (χ2v) is 10.8. The van der Waals surface area contributed by atoms with Crippen LogP contribution in [0, 0.1) is 5.82 Å². The normalized spacial score (nSPS) is 20.2. The van der Waals surface area contributed by atoms with Crippen molar-refractivity contribution in [3.63, 3.8) is 0 Å². The van der Waals surface area contributed by atoms with Crippen molar-refractivity contribution in [2.75, 3.05) is 12.4 Å². The van der Waals surface area contributed by atoms with E-state index in [1.54, 1.807) is 12.1 Å². The molecular formula is C20H19ClFN5O5S2.